The molecule has 5 heteroatoms. The summed E-state index contributed by atoms with van der Waals surface area (Å²) in [4.78, 5) is 17.5. The van der Waals surface area contributed by atoms with Gasteiger partial charge in [0, 0.05) is 49.5 Å². The normalized spacial score (nSPS) is 17.3. The summed E-state index contributed by atoms with van der Waals surface area (Å²) in [5.41, 5.74) is 3.36. The first-order chi connectivity index (χ1) is 16.2. The molecule has 5 rings (SSSR count). The molecular weight excluding hydrogens is 410 g/mol. The molecule has 0 aromatic heterocycles. The first kappa shape index (κ1) is 21.9. The Kier molecular flexibility index (Phi) is 6.60. The molecule has 0 radical (unpaired) electrons. The van der Waals surface area contributed by atoms with Gasteiger partial charge < -0.3 is 15.0 Å². The Bertz CT molecular complexity index is 1090. The van der Waals surface area contributed by atoms with Crippen molar-refractivity contribution in [1.82, 2.24) is 4.90 Å². The zero-order valence-corrected chi connectivity index (χ0v) is 19.4. The molecule has 5 nitrogen and oxygen atoms in total. The molecule has 1 N–H and O–H groups in total. The maximum atomic E-state index is 12.7. The van der Waals surface area contributed by atoms with Crippen molar-refractivity contribution in [2.75, 3.05) is 43.1 Å². The largest absolute Gasteiger partial charge is 0.378 e. The van der Waals surface area contributed by atoms with Gasteiger partial charge in [-0.25, -0.2) is 0 Å². The minimum absolute atomic E-state index is 0.0745. The number of benzene rings is 3. The molecular formula is C28H33N3O2. The SMILES string of the molecule is CC(c1ccc2ccccc2c1)N(CCC(=O)Nc1ccc(N2CCOCC2)cc1)C1CC1. The van der Waals surface area contributed by atoms with Gasteiger partial charge in [-0.1, -0.05) is 36.4 Å². The van der Waals surface area contributed by atoms with Crippen LogP contribution in [0.4, 0.5) is 11.4 Å². The minimum atomic E-state index is 0.0745. The molecule has 2 fully saturated rings. The fourth-order valence-electron chi connectivity index (χ4n) is 4.79. The first-order valence-electron chi connectivity index (χ1n) is 12.1. The molecule has 3 aromatic carbocycles. The number of nitrogens with one attached hydrogen (secondary N) is 1. The predicted molar refractivity (Wildman–Crippen MR) is 135 cm³/mol. The van der Waals surface area contributed by atoms with Crippen molar-refractivity contribution in [2.45, 2.75) is 38.3 Å². The highest BCUT2D eigenvalue weighted by atomic mass is 16.5. The van der Waals surface area contributed by atoms with Crippen molar-refractivity contribution in [3.8, 4) is 0 Å². The van der Waals surface area contributed by atoms with Crippen LogP contribution in [0, 0.1) is 0 Å². The predicted octanol–water partition coefficient (Wildman–Crippen LogP) is 5.23. The third-order valence-corrected chi connectivity index (χ3v) is 6.89. The van der Waals surface area contributed by atoms with E-state index in [9.17, 15) is 4.79 Å². The molecule has 1 unspecified atom stereocenters. The monoisotopic (exact) mass is 443 g/mol. The van der Waals surface area contributed by atoms with Gasteiger partial charge in [-0.2, -0.15) is 0 Å². The van der Waals surface area contributed by atoms with Crippen molar-refractivity contribution >= 4 is 28.1 Å². The summed E-state index contributed by atoms with van der Waals surface area (Å²) in [7, 11) is 0. The van der Waals surface area contributed by atoms with Crippen LogP contribution >= 0.6 is 0 Å². The number of fused-ring (bicyclic) bond motifs is 1. The standard InChI is InChI=1S/C28H33N3O2/c1-21(23-7-6-22-4-2-3-5-24(22)20-23)31(27-12-13-27)15-14-28(32)29-25-8-10-26(11-9-25)30-16-18-33-19-17-30/h2-11,20-21,27H,12-19H2,1H3,(H,29,32). The zero-order valence-electron chi connectivity index (χ0n) is 19.4. The summed E-state index contributed by atoms with van der Waals surface area (Å²) in [5, 5.41) is 5.62. The van der Waals surface area contributed by atoms with Crippen LogP contribution in [-0.4, -0.2) is 49.7 Å². The molecule has 1 aliphatic heterocycles. The highest BCUT2D eigenvalue weighted by Gasteiger charge is 2.32. The molecule has 2 aliphatic rings. The number of amides is 1. The summed E-state index contributed by atoms with van der Waals surface area (Å²) in [6.07, 6.45) is 2.95. The Hall–Kier alpha value is -2.89. The van der Waals surface area contributed by atoms with Gasteiger partial charge in [0.1, 0.15) is 0 Å². The second kappa shape index (κ2) is 9.94. The Balaban J connectivity index is 1.18. The lowest BCUT2D eigenvalue weighted by molar-refractivity contribution is -0.116. The molecule has 1 aliphatic carbocycles. The molecule has 1 heterocycles. The molecule has 1 amide bonds. The second-order valence-electron chi connectivity index (χ2n) is 9.20. The Morgan fingerprint density at radius 1 is 1.03 bits per heavy atom. The maximum absolute atomic E-state index is 12.7. The molecule has 33 heavy (non-hydrogen) atoms. The zero-order chi connectivity index (χ0) is 22.6. The number of carbonyl (C=O) groups is 1. The number of morpholine rings is 1. The Labute approximate surface area is 196 Å². The van der Waals surface area contributed by atoms with E-state index in [4.69, 9.17) is 4.74 Å². The maximum Gasteiger partial charge on any atom is 0.225 e. The van der Waals surface area contributed by atoms with Gasteiger partial charge in [0.05, 0.1) is 13.2 Å². The lowest BCUT2D eigenvalue weighted by Gasteiger charge is -2.29. The van der Waals surface area contributed by atoms with Crippen molar-refractivity contribution in [3.63, 3.8) is 0 Å². The van der Waals surface area contributed by atoms with Crippen molar-refractivity contribution < 1.29 is 9.53 Å². The summed E-state index contributed by atoms with van der Waals surface area (Å²) < 4.78 is 5.43. The van der Waals surface area contributed by atoms with Gasteiger partial charge in [0.25, 0.3) is 0 Å². The number of rotatable bonds is 8. The summed E-state index contributed by atoms with van der Waals surface area (Å²) in [5.74, 6) is 0.0745. The van der Waals surface area contributed by atoms with Crippen LogP contribution in [0.5, 0.6) is 0 Å². The number of hydrogen-bond acceptors (Lipinski definition) is 4. The lowest BCUT2D eigenvalue weighted by Crippen LogP contribution is -2.36. The van der Waals surface area contributed by atoms with Gasteiger partial charge in [-0.05, 0) is 66.4 Å². The number of carbonyl (C=O) groups excluding carboxylic acids is 1. The van der Waals surface area contributed by atoms with Crippen LogP contribution in [0.15, 0.2) is 66.7 Å². The van der Waals surface area contributed by atoms with Crippen LogP contribution < -0.4 is 10.2 Å². The third kappa shape index (κ3) is 5.37. The molecule has 3 aromatic rings. The van der Waals surface area contributed by atoms with Gasteiger partial charge >= 0.3 is 0 Å². The van der Waals surface area contributed by atoms with E-state index >= 15 is 0 Å². The van der Waals surface area contributed by atoms with Gasteiger partial charge in [-0.15, -0.1) is 0 Å². The number of hydrogen-bond donors (Lipinski definition) is 1. The summed E-state index contributed by atoms with van der Waals surface area (Å²) in [6.45, 7) is 6.42. The van der Waals surface area contributed by atoms with E-state index in [1.807, 2.05) is 12.1 Å². The van der Waals surface area contributed by atoms with Crippen LogP contribution in [0.2, 0.25) is 0 Å². The average Bonchev–Trinajstić information content (AvgIpc) is 3.70. The highest BCUT2D eigenvalue weighted by molar-refractivity contribution is 5.91. The molecule has 0 spiro atoms. The third-order valence-electron chi connectivity index (χ3n) is 6.89. The minimum Gasteiger partial charge on any atom is -0.378 e. The molecule has 0 bridgehead atoms. The summed E-state index contributed by atoms with van der Waals surface area (Å²) >= 11 is 0. The molecule has 172 valence electrons. The van der Waals surface area contributed by atoms with E-state index in [-0.39, 0.29) is 5.91 Å². The number of anilines is 2. The highest BCUT2D eigenvalue weighted by Crippen LogP contribution is 2.35. The van der Waals surface area contributed by atoms with E-state index < -0.39 is 0 Å². The summed E-state index contributed by atoms with van der Waals surface area (Å²) in [6, 6.07) is 24.3. The fourth-order valence-corrected chi connectivity index (χ4v) is 4.79. The van der Waals surface area contributed by atoms with Gasteiger partial charge in [0.2, 0.25) is 5.91 Å². The smallest absolute Gasteiger partial charge is 0.225 e. The van der Waals surface area contributed by atoms with E-state index in [1.54, 1.807) is 0 Å². The van der Waals surface area contributed by atoms with Crippen molar-refractivity contribution in [1.29, 1.82) is 0 Å². The molecule has 1 saturated heterocycles. The van der Waals surface area contributed by atoms with E-state index in [2.05, 4.69) is 76.6 Å². The van der Waals surface area contributed by atoms with Crippen molar-refractivity contribution in [3.05, 3.63) is 72.3 Å². The van der Waals surface area contributed by atoms with E-state index in [1.165, 1.54) is 34.9 Å². The number of ether oxygens (including phenoxy) is 1. The average molecular weight is 444 g/mol. The van der Waals surface area contributed by atoms with Crippen LogP contribution in [0.1, 0.15) is 37.8 Å². The Morgan fingerprint density at radius 2 is 1.76 bits per heavy atom. The van der Waals surface area contributed by atoms with Gasteiger partial charge in [0.15, 0.2) is 0 Å². The topological polar surface area (TPSA) is 44.8 Å². The van der Waals surface area contributed by atoms with E-state index in [0.29, 0.717) is 18.5 Å². The number of nitrogens with zero attached hydrogens (tertiary/aromatic N) is 2. The molecule has 1 saturated carbocycles. The van der Waals surface area contributed by atoms with Crippen LogP contribution in [0.25, 0.3) is 10.8 Å². The van der Waals surface area contributed by atoms with E-state index in [0.717, 1.165) is 38.5 Å². The fraction of sp³-hybridized carbons (Fsp3) is 0.393. The Morgan fingerprint density at radius 3 is 2.48 bits per heavy atom. The quantitative estimate of drug-likeness (QED) is 0.518. The van der Waals surface area contributed by atoms with Crippen LogP contribution in [0.3, 0.4) is 0 Å². The van der Waals surface area contributed by atoms with Gasteiger partial charge in [-0.3, -0.25) is 9.69 Å². The lowest BCUT2D eigenvalue weighted by atomic mass is 10.0. The van der Waals surface area contributed by atoms with Crippen LogP contribution in [-0.2, 0) is 9.53 Å². The second-order valence-corrected chi connectivity index (χ2v) is 9.20. The van der Waals surface area contributed by atoms with Crippen molar-refractivity contribution in [2.24, 2.45) is 0 Å². The first-order valence-corrected chi connectivity index (χ1v) is 12.1. The molecule has 1 atom stereocenters.